The molecule has 0 atom stereocenters. The van der Waals surface area contributed by atoms with Crippen LogP contribution in [0.1, 0.15) is 27.0 Å². The van der Waals surface area contributed by atoms with Crippen molar-refractivity contribution < 1.29 is 22.4 Å². The highest BCUT2D eigenvalue weighted by Gasteiger charge is 2.34. The lowest BCUT2D eigenvalue weighted by Gasteiger charge is -2.11. The fraction of sp³-hybridized carbons (Fsp3) is 0.100. The number of hydrogen-bond acceptors (Lipinski definition) is 2. The topological polar surface area (TPSA) is 56.0 Å². The molecule has 0 saturated heterocycles. The van der Waals surface area contributed by atoms with E-state index in [-0.39, 0.29) is 6.42 Å². The Hall–Kier alpha value is -3.22. The summed E-state index contributed by atoms with van der Waals surface area (Å²) < 4.78 is 52.0. The minimum atomic E-state index is -4.75. The van der Waals surface area contributed by atoms with Crippen LogP contribution in [0.2, 0.25) is 0 Å². The second kappa shape index (κ2) is 7.19. The van der Waals surface area contributed by atoms with Crippen LogP contribution in [0.5, 0.6) is 0 Å². The number of amides is 1. The van der Waals surface area contributed by atoms with Gasteiger partial charge in [0, 0.05) is 17.3 Å². The van der Waals surface area contributed by atoms with Crippen molar-refractivity contribution in [3.05, 3.63) is 88.9 Å². The Bertz CT molecular complexity index is 999. The number of benzene rings is 2. The predicted molar refractivity (Wildman–Crippen MR) is 92.4 cm³/mol. The highest BCUT2D eigenvalue weighted by molar-refractivity contribution is 5.94. The molecule has 0 aliphatic rings. The summed E-state index contributed by atoms with van der Waals surface area (Å²) >= 11 is 0. The van der Waals surface area contributed by atoms with Gasteiger partial charge < -0.3 is 5.73 Å². The summed E-state index contributed by atoms with van der Waals surface area (Å²) in [5, 5.41) is 0. The van der Waals surface area contributed by atoms with Gasteiger partial charge in [0.2, 0.25) is 5.91 Å². The molecule has 0 unspecified atom stereocenters. The molecular weight excluding hydrogens is 360 g/mol. The van der Waals surface area contributed by atoms with Crippen molar-refractivity contribution in [2.45, 2.75) is 12.6 Å². The molecule has 7 heteroatoms. The fourth-order valence-corrected chi connectivity index (χ4v) is 2.71. The molecular formula is C20H14F4N2O. The van der Waals surface area contributed by atoms with Gasteiger partial charge in [0.25, 0.3) is 0 Å². The molecule has 138 valence electrons. The summed E-state index contributed by atoms with van der Waals surface area (Å²) in [7, 11) is 0. The predicted octanol–water partition coefficient (Wildman–Crippen LogP) is 4.60. The smallest absolute Gasteiger partial charge is 0.366 e. The minimum absolute atomic E-state index is 0.175. The molecule has 0 aliphatic carbocycles. The lowest BCUT2D eigenvalue weighted by molar-refractivity contribution is -0.140. The molecule has 1 aromatic heterocycles. The average Bonchev–Trinajstić information content (AvgIpc) is 2.63. The number of nitrogens with zero attached hydrogens (tertiary/aromatic N) is 1. The number of carbonyl (C=O) groups is 1. The van der Waals surface area contributed by atoms with Gasteiger partial charge in [-0.3, -0.25) is 9.78 Å². The Labute approximate surface area is 152 Å². The summed E-state index contributed by atoms with van der Waals surface area (Å²) in [6.07, 6.45) is -3.05. The highest BCUT2D eigenvalue weighted by atomic mass is 19.4. The third-order valence-corrected chi connectivity index (χ3v) is 4.01. The number of halogens is 4. The van der Waals surface area contributed by atoms with E-state index in [0.29, 0.717) is 27.9 Å². The van der Waals surface area contributed by atoms with Crippen LogP contribution in [0.3, 0.4) is 0 Å². The van der Waals surface area contributed by atoms with E-state index in [0.717, 1.165) is 12.1 Å². The first-order valence-electron chi connectivity index (χ1n) is 7.95. The lowest BCUT2D eigenvalue weighted by Crippen LogP contribution is -2.10. The second-order valence-corrected chi connectivity index (χ2v) is 5.98. The van der Waals surface area contributed by atoms with Gasteiger partial charge in [-0.05, 0) is 53.9 Å². The van der Waals surface area contributed by atoms with E-state index in [2.05, 4.69) is 4.98 Å². The quantitative estimate of drug-likeness (QED) is 0.679. The van der Waals surface area contributed by atoms with E-state index >= 15 is 0 Å². The van der Waals surface area contributed by atoms with Crippen LogP contribution in [-0.4, -0.2) is 10.9 Å². The first kappa shape index (κ1) is 18.6. The molecule has 3 rings (SSSR count). The zero-order valence-corrected chi connectivity index (χ0v) is 13.9. The first-order chi connectivity index (χ1) is 12.7. The Kier molecular flexibility index (Phi) is 4.94. The first-order valence-corrected chi connectivity index (χ1v) is 7.95. The van der Waals surface area contributed by atoms with Crippen molar-refractivity contribution in [1.29, 1.82) is 0 Å². The maximum atomic E-state index is 13.4. The highest BCUT2D eigenvalue weighted by Crippen LogP contribution is 2.32. The standard InChI is InChI=1S/C20H14F4N2O/c21-17-5-4-12(9-16(17)20(22,23)24)8-13-6-7-26-18(10-13)14-2-1-3-15(11-14)19(25)27/h1-7,9-11H,8H2,(H2,25,27). The zero-order chi connectivity index (χ0) is 19.6. The molecule has 0 bridgehead atoms. The van der Waals surface area contributed by atoms with Crippen molar-refractivity contribution in [2.75, 3.05) is 0 Å². The van der Waals surface area contributed by atoms with Gasteiger partial charge >= 0.3 is 6.18 Å². The number of aromatic nitrogens is 1. The van der Waals surface area contributed by atoms with Gasteiger partial charge in [0.15, 0.2) is 0 Å². The Morgan fingerprint density at radius 3 is 2.44 bits per heavy atom. The fourth-order valence-electron chi connectivity index (χ4n) is 2.71. The van der Waals surface area contributed by atoms with E-state index in [1.807, 2.05) is 0 Å². The Morgan fingerprint density at radius 1 is 1.00 bits per heavy atom. The van der Waals surface area contributed by atoms with Crippen LogP contribution < -0.4 is 5.73 Å². The van der Waals surface area contributed by atoms with Gasteiger partial charge in [-0.25, -0.2) is 4.39 Å². The van der Waals surface area contributed by atoms with E-state index in [4.69, 9.17) is 5.73 Å². The van der Waals surface area contributed by atoms with Crippen LogP contribution in [-0.2, 0) is 12.6 Å². The van der Waals surface area contributed by atoms with E-state index in [1.54, 1.807) is 36.4 Å². The SMILES string of the molecule is NC(=O)c1cccc(-c2cc(Cc3ccc(F)c(C(F)(F)F)c3)ccn2)c1. The summed E-state index contributed by atoms with van der Waals surface area (Å²) in [6.45, 7) is 0. The molecule has 3 nitrogen and oxygen atoms in total. The molecule has 27 heavy (non-hydrogen) atoms. The van der Waals surface area contributed by atoms with E-state index < -0.39 is 23.5 Å². The van der Waals surface area contributed by atoms with Gasteiger partial charge in [-0.1, -0.05) is 18.2 Å². The van der Waals surface area contributed by atoms with Crippen LogP contribution >= 0.6 is 0 Å². The van der Waals surface area contributed by atoms with E-state index in [1.165, 1.54) is 12.3 Å². The third kappa shape index (κ3) is 4.31. The maximum Gasteiger partial charge on any atom is 0.419 e. The Morgan fingerprint density at radius 2 is 1.74 bits per heavy atom. The summed E-state index contributed by atoms with van der Waals surface area (Å²) in [5.41, 5.74) is 6.54. The molecule has 0 radical (unpaired) electrons. The van der Waals surface area contributed by atoms with Crippen molar-refractivity contribution in [2.24, 2.45) is 5.73 Å². The van der Waals surface area contributed by atoms with Gasteiger partial charge in [-0.2, -0.15) is 13.2 Å². The average molecular weight is 374 g/mol. The van der Waals surface area contributed by atoms with Crippen LogP contribution in [0.15, 0.2) is 60.8 Å². The van der Waals surface area contributed by atoms with Gasteiger partial charge in [-0.15, -0.1) is 0 Å². The number of nitrogens with two attached hydrogens (primary N) is 1. The number of carbonyl (C=O) groups excluding carboxylic acids is 1. The van der Waals surface area contributed by atoms with Gasteiger partial charge in [0.1, 0.15) is 5.82 Å². The molecule has 2 aromatic carbocycles. The number of rotatable bonds is 4. The number of hydrogen-bond donors (Lipinski definition) is 1. The number of primary amides is 1. The molecule has 0 fully saturated rings. The summed E-state index contributed by atoms with van der Waals surface area (Å²) in [4.78, 5) is 15.5. The minimum Gasteiger partial charge on any atom is -0.366 e. The van der Waals surface area contributed by atoms with Crippen molar-refractivity contribution in [3.63, 3.8) is 0 Å². The van der Waals surface area contributed by atoms with Crippen molar-refractivity contribution in [1.82, 2.24) is 4.98 Å². The second-order valence-electron chi connectivity index (χ2n) is 5.98. The summed E-state index contributed by atoms with van der Waals surface area (Å²) in [6, 6.07) is 12.9. The maximum absolute atomic E-state index is 13.4. The molecule has 0 spiro atoms. The Balaban J connectivity index is 1.91. The van der Waals surface area contributed by atoms with Crippen LogP contribution in [0.25, 0.3) is 11.3 Å². The molecule has 3 aromatic rings. The zero-order valence-electron chi connectivity index (χ0n) is 13.9. The summed E-state index contributed by atoms with van der Waals surface area (Å²) in [5.74, 6) is -1.87. The third-order valence-electron chi connectivity index (χ3n) is 4.01. The number of pyridine rings is 1. The van der Waals surface area contributed by atoms with E-state index in [9.17, 15) is 22.4 Å². The van der Waals surface area contributed by atoms with Crippen LogP contribution in [0.4, 0.5) is 17.6 Å². The molecule has 0 saturated carbocycles. The van der Waals surface area contributed by atoms with Crippen molar-refractivity contribution in [3.8, 4) is 11.3 Å². The largest absolute Gasteiger partial charge is 0.419 e. The molecule has 1 amide bonds. The number of alkyl halides is 3. The molecule has 0 aliphatic heterocycles. The lowest BCUT2D eigenvalue weighted by atomic mass is 10.0. The molecule has 2 N–H and O–H groups in total. The monoisotopic (exact) mass is 374 g/mol. The van der Waals surface area contributed by atoms with Crippen molar-refractivity contribution >= 4 is 5.91 Å². The molecule has 1 heterocycles. The van der Waals surface area contributed by atoms with Gasteiger partial charge in [0.05, 0.1) is 11.3 Å². The van der Waals surface area contributed by atoms with Crippen LogP contribution in [0, 0.1) is 5.82 Å². The normalized spacial score (nSPS) is 11.4.